The molecule has 4 aliphatic carbocycles. The van der Waals surface area contributed by atoms with Crippen molar-refractivity contribution >= 4 is 17.5 Å². The molecule has 2 N–H and O–H groups in total. The number of ketones is 2. The maximum absolute atomic E-state index is 16.9. The normalized spacial score (nSPS) is 48.4. The number of fused-ring (bicyclic) bond motifs is 5. The third-order valence-electron chi connectivity index (χ3n) is 8.65. The SMILES string of the molecule is CC(=O)OCC(=O)[C@@]1(O)CC[C@H]2[C@@H]3CC(F)C4=CC(=O)C=C[C@]4(C)[C@@]3(F)[C@@H](O)C[C@@]21C. The summed E-state index contributed by atoms with van der Waals surface area (Å²) in [6.07, 6.45) is 0.327. The zero-order valence-corrected chi connectivity index (χ0v) is 17.9. The number of hydrogen-bond acceptors (Lipinski definition) is 6. The predicted octanol–water partition coefficient (Wildman–Crippen LogP) is 2.17. The van der Waals surface area contributed by atoms with Gasteiger partial charge >= 0.3 is 5.97 Å². The number of Topliss-reactive ketones (excluding diaryl/α,β-unsaturated/α-hetero) is 1. The Morgan fingerprint density at radius 1 is 1.29 bits per heavy atom. The molecule has 170 valence electrons. The number of carbonyl (C=O) groups excluding carboxylic acids is 3. The van der Waals surface area contributed by atoms with Gasteiger partial charge in [0.05, 0.1) is 6.10 Å². The van der Waals surface area contributed by atoms with Gasteiger partial charge in [0.25, 0.3) is 0 Å². The zero-order chi connectivity index (χ0) is 23.0. The van der Waals surface area contributed by atoms with Gasteiger partial charge < -0.3 is 14.9 Å². The highest BCUT2D eigenvalue weighted by molar-refractivity contribution is 6.01. The number of carbonyl (C=O) groups is 3. The van der Waals surface area contributed by atoms with Crippen LogP contribution in [0, 0.1) is 22.7 Å². The lowest BCUT2D eigenvalue weighted by atomic mass is 9.44. The number of ether oxygens (including phenoxy) is 1. The van der Waals surface area contributed by atoms with Crippen molar-refractivity contribution in [2.24, 2.45) is 22.7 Å². The van der Waals surface area contributed by atoms with Crippen molar-refractivity contribution in [3.8, 4) is 0 Å². The van der Waals surface area contributed by atoms with Crippen molar-refractivity contribution in [3.05, 3.63) is 23.8 Å². The second kappa shape index (κ2) is 6.78. The molecule has 0 heterocycles. The van der Waals surface area contributed by atoms with E-state index in [0.29, 0.717) is 0 Å². The van der Waals surface area contributed by atoms with E-state index in [4.69, 9.17) is 4.74 Å². The Kier molecular flexibility index (Phi) is 4.87. The Balaban J connectivity index is 1.75. The van der Waals surface area contributed by atoms with E-state index in [1.807, 2.05) is 0 Å². The molecule has 8 heteroatoms. The largest absolute Gasteiger partial charge is 0.458 e. The summed E-state index contributed by atoms with van der Waals surface area (Å²) in [5.74, 6) is -3.32. The standard InChI is InChI=1S/C23H28F2O6/c1-12(26)31-11-19(29)22(30)7-5-14-15-9-17(24)16-8-13(27)4-6-20(16,2)23(15,25)18(28)10-21(14,22)3/h4,6,8,14-15,17-18,28,30H,5,7,9-11H2,1-3H3/t14-,15-,17?,18-,20-,21-,22-,23-/m0/s1. The van der Waals surface area contributed by atoms with E-state index in [2.05, 4.69) is 0 Å². The summed E-state index contributed by atoms with van der Waals surface area (Å²) in [5.41, 5.74) is -6.87. The van der Waals surface area contributed by atoms with Gasteiger partial charge in [-0.2, -0.15) is 0 Å². The molecule has 4 rings (SSSR count). The van der Waals surface area contributed by atoms with E-state index in [9.17, 15) is 24.6 Å². The van der Waals surface area contributed by atoms with Crippen LogP contribution in [0.15, 0.2) is 23.8 Å². The number of alkyl halides is 2. The topological polar surface area (TPSA) is 101 Å². The predicted molar refractivity (Wildman–Crippen MR) is 105 cm³/mol. The van der Waals surface area contributed by atoms with Crippen LogP contribution in [-0.2, 0) is 19.1 Å². The van der Waals surface area contributed by atoms with Gasteiger partial charge in [-0.05, 0) is 56.3 Å². The molecule has 0 radical (unpaired) electrons. The lowest BCUT2D eigenvalue weighted by molar-refractivity contribution is -0.222. The molecule has 3 fully saturated rings. The molecule has 0 aromatic heterocycles. The quantitative estimate of drug-likeness (QED) is 0.655. The third-order valence-corrected chi connectivity index (χ3v) is 8.65. The summed E-state index contributed by atoms with van der Waals surface area (Å²) < 4.78 is 36.9. The van der Waals surface area contributed by atoms with Gasteiger partial charge in [0.2, 0.25) is 5.78 Å². The van der Waals surface area contributed by atoms with Crippen LogP contribution in [0.25, 0.3) is 0 Å². The second-order valence-electron chi connectivity index (χ2n) is 9.96. The maximum Gasteiger partial charge on any atom is 0.303 e. The first-order chi connectivity index (χ1) is 14.3. The van der Waals surface area contributed by atoms with E-state index in [0.717, 1.165) is 13.0 Å². The van der Waals surface area contributed by atoms with Crippen molar-refractivity contribution in [1.29, 1.82) is 0 Å². The Morgan fingerprint density at radius 2 is 1.97 bits per heavy atom. The van der Waals surface area contributed by atoms with Crippen molar-refractivity contribution in [3.63, 3.8) is 0 Å². The highest BCUT2D eigenvalue weighted by atomic mass is 19.1. The minimum Gasteiger partial charge on any atom is -0.458 e. The van der Waals surface area contributed by atoms with Crippen LogP contribution < -0.4 is 0 Å². The van der Waals surface area contributed by atoms with E-state index >= 15 is 8.78 Å². The maximum atomic E-state index is 16.9. The summed E-state index contributed by atoms with van der Waals surface area (Å²) in [4.78, 5) is 35.8. The van der Waals surface area contributed by atoms with Gasteiger partial charge in [0.1, 0.15) is 11.8 Å². The first-order valence-corrected chi connectivity index (χ1v) is 10.7. The monoisotopic (exact) mass is 438 g/mol. The van der Waals surface area contributed by atoms with E-state index in [-0.39, 0.29) is 31.3 Å². The fourth-order valence-electron chi connectivity index (χ4n) is 6.95. The summed E-state index contributed by atoms with van der Waals surface area (Å²) in [7, 11) is 0. The van der Waals surface area contributed by atoms with Gasteiger partial charge in [-0.15, -0.1) is 0 Å². The molecule has 0 aliphatic heterocycles. The molecule has 4 aliphatic rings. The first kappa shape index (κ1) is 22.3. The van der Waals surface area contributed by atoms with E-state index in [1.165, 1.54) is 19.1 Å². The number of aliphatic hydroxyl groups is 2. The fraction of sp³-hybridized carbons (Fsp3) is 0.696. The summed E-state index contributed by atoms with van der Waals surface area (Å²) in [6.45, 7) is 3.66. The molecule has 0 amide bonds. The number of esters is 1. The second-order valence-corrected chi connectivity index (χ2v) is 9.96. The van der Waals surface area contributed by atoms with Crippen LogP contribution in [0.4, 0.5) is 8.78 Å². The molecular formula is C23H28F2O6. The van der Waals surface area contributed by atoms with Gasteiger partial charge in [0.15, 0.2) is 18.1 Å². The summed E-state index contributed by atoms with van der Waals surface area (Å²) in [5, 5.41) is 22.5. The van der Waals surface area contributed by atoms with Crippen LogP contribution in [0.3, 0.4) is 0 Å². The van der Waals surface area contributed by atoms with Crippen LogP contribution in [-0.4, -0.2) is 57.9 Å². The lowest BCUT2D eigenvalue weighted by Crippen LogP contribution is -2.70. The van der Waals surface area contributed by atoms with Crippen LogP contribution in [0.1, 0.15) is 46.5 Å². The molecule has 6 nitrogen and oxygen atoms in total. The van der Waals surface area contributed by atoms with Crippen molar-refractivity contribution < 1.29 is 38.1 Å². The number of hydrogen-bond donors (Lipinski definition) is 2. The van der Waals surface area contributed by atoms with Crippen LogP contribution >= 0.6 is 0 Å². The minimum atomic E-state index is -2.26. The van der Waals surface area contributed by atoms with Crippen molar-refractivity contribution in [2.45, 2.75) is 70.0 Å². The Bertz CT molecular complexity index is 914. The lowest BCUT2D eigenvalue weighted by Gasteiger charge is -2.63. The molecule has 0 spiro atoms. The van der Waals surface area contributed by atoms with Crippen molar-refractivity contribution in [2.75, 3.05) is 6.61 Å². The first-order valence-electron chi connectivity index (χ1n) is 10.7. The fourth-order valence-corrected chi connectivity index (χ4v) is 6.95. The molecule has 0 bridgehead atoms. The number of aliphatic hydroxyl groups excluding tert-OH is 1. The van der Waals surface area contributed by atoms with E-state index in [1.54, 1.807) is 6.92 Å². The number of halogens is 2. The van der Waals surface area contributed by atoms with Gasteiger partial charge in [0, 0.05) is 23.7 Å². The highest BCUT2D eigenvalue weighted by Crippen LogP contribution is 2.70. The molecule has 31 heavy (non-hydrogen) atoms. The van der Waals surface area contributed by atoms with Crippen LogP contribution in [0.5, 0.6) is 0 Å². The molecule has 8 atom stereocenters. The molecule has 0 aromatic rings. The third kappa shape index (κ3) is 2.70. The van der Waals surface area contributed by atoms with Crippen LogP contribution in [0.2, 0.25) is 0 Å². The Hall–Kier alpha value is -1.93. The van der Waals surface area contributed by atoms with Gasteiger partial charge in [-0.25, -0.2) is 8.78 Å². The summed E-state index contributed by atoms with van der Waals surface area (Å²) in [6, 6.07) is 0. The van der Waals surface area contributed by atoms with Gasteiger partial charge in [-0.1, -0.05) is 13.0 Å². The summed E-state index contributed by atoms with van der Waals surface area (Å²) >= 11 is 0. The number of rotatable bonds is 3. The average Bonchev–Trinajstić information content (AvgIpc) is 2.96. The zero-order valence-electron chi connectivity index (χ0n) is 17.9. The van der Waals surface area contributed by atoms with E-state index < -0.39 is 70.4 Å². The highest BCUT2D eigenvalue weighted by Gasteiger charge is 2.75. The Morgan fingerprint density at radius 3 is 2.61 bits per heavy atom. The van der Waals surface area contributed by atoms with Gasteiger partial charge in [-0.3, -0.25) is 14.4 Å². The minimum absolute atomic E-state index is 0.0122. The Labute approximate surface area is 179 Å². The molecule has 3 saturated carbocycles. The molecule has 1 unspecified atom stereocenters. The average molecular weight is 438 g/mol. The number of allylic oxidation sites excluding steroid dienone is 4. The molecular weight excluding hydrogens is 410 g/mol. The smallest absolute Gasteiger partial charge is 0.303 e. The van der Waals surface area contributed by atoms with Crippen molar-refractivity contribution in [1.82, 2.24) is 0 Å². The molecule has 0 saturated heterocycles. The molecule has 0 aromatic carbocycles.